The molecule has 6 heteroatoms. The van der Waals surface area contributed by atoms with Crippen molar-refractivity contribution >= 4 is 81.0 Å². The summed E-state index contributed by atoms with van der Waals surface area (Å²) in [6.45, 7) is 0. The van der Waals surface area contributed by atoms with Gasteiger partial charge in [-0.05, 0) is 59.9 Å². The van der Waals surface area contributed by atoms with Crippen LogP contribution < -0.4 is 0 Å². The number of hydrogen-bond acceptors (Lipinski definition) is 6. The van der Waals surface area contributed by atoms with Crippen molar-refractivity contribution in [2.75, 3.05) is 0 Å². The lowest BCUT2D eigenvalue weighted by Crippen LogP contribution is -2.01. The number of allylic oxidation sites excluding steroid dienone is 4. The molecule has 5 nitrogen and oxygen atoms in total. The van der Waals surface area contributed by atoms with E-state index in [0.717, 1.165) is 89.2 Å². The minimum absolute atomic E-state index is 0.586. The summed E-state index contributed by atoms with van der Waals surface area (Å²) in [5.41, 5.74) is 10.6. The summed E-state index contributed by atoms with van der Waals surface area (Å²) in [5.74, 6) is 1.84. The van der Waals surface area contributed by atoms with Crippen LogP contribution in [0.4, 0.5) is 0 Å². The lowest BCUT2D eigenvalue weighted by atomic mass is 9.95. The molecule has 0 amide bonds. The number of thiophene rings is 1. The molecule has 4 heterocycles. The number of aromatic nitrogens is 3. The van der Waals surface area contributed by atoms with Gasteiger partial charge in [0.25, 0.3) is 0 Å². The van der Waals surface area contributed by atoms with Gasteiger partial charge in [0.1, 0.15) is 22.3 Å². The lowest BCUT2D eigenvalue weighted by Gasteiger charge is -2.12. The predicted molar refractivity (Wildman–Crippen MR) is 235 cm³/mol. The summed E-state index contributed by atoms with van der Waals surface area (Å²) in [5, 5.41) is 6.55. The molecule has 0 aliphatic heterocycles. The molecule has 0 N–H and O–H groups in total. The zero-order chi connectivity index (χ0) is 37.5. The third kappa shape index (κ3) is 5.11. The maximum Gasteiger partial charge on any atom is 0.165 e. The van der Waals surface area contributed by atoms with E-state index in [2.05, 4.69) is 133 Å². The molecule has 0 atom stereocenters. The third-order valence-electron chi connectivity index (χ3n) is 11.3. The fourth-order valence-corrected chi connectivity index (χ4v) is 9.79. The Labute approximate surface area is 330 Å². The van der Waals surface area contributed by atoms with Crippen molar-refractivity contribution in [1.82, 2.24) is 15.0 Å². The Bertz CT molecular complexity index is 3470. The van der Waals surface area contributed by atoms with Crippen LogP contribution in [0.5, 0.6) is 0 Å². The highest BCUT2D eigenvalue weighted by Gasteiger charge is 2.23. The van der Waals surface area contributed by atoms with Crippen molar-refractivity contribution in [3.63, 3.8) is 0 Å². The minimum Gasteiger partial charge on any atom is -0.456 e. The number of para-hydroxylation sites is 2. The van der Waals surface area contributed by atoms with Gasteiger partial charge in [0.15, 0.2) is 17.5 Å². The van der Waals surface area contributed by atoms with Crippen LogP contribution in [-0.2, 0) is 0 Å². The Morgan fingerprint density at radius 3 is 1.89 bits per heavy atom. The Hall–Kier alpha value is -7.15. The van der Waals surface area contributed by atoms with E-state index in [4.69, 9.17) is 23.8 Å². The van der Waals surface area contributed by atoms with E-state index < -0.39 is 0 Å². The number of nitrogens with zero attached hydrogens (tertiary/aromatic N) is 3. The van der Waals surface area contributed by atoms with Crippen LogP contribution in [0.3, 0.4) is 0 Å². The minimum atomic E-state index is 0.586. The quantitative estimate of drug-likeness (QED) is 0.175. The first-order chi connectivity index (χ1) is 28.2. The monoisotopic (exact) mass is 749 g/mol. The summed E-state index contributed by atoms with van der Waals surface area (Å²) in [6, 6.07) is 50.6. The maximum absolute atomic E-state index is 6.63. The molecule has 11 aromatic rings. The zero-order valence-electron chi connectivity index (χ0n) is 30.6. The lowest BCUT2D eigenvalue weighted by molar-refractivity contribution is 0.668. The molecule has 0 spiro atoms. The van der Waals surface area contributed by atoms with Crippen LogP contribution in [0.15, 0.2) is 173 Å². The second-order valence-corrected chi connectivity index (χ2v) is 15.6. The average Bonchev–Trinajstić information content (AvgIpc) is 3.98. The van der Waals surface area contributed by atoms with E-state index in [1.54, 1.807) is 11.3 Å². The number of benzene rings is 7. The molecule has 1 aliphatic rings. The summed E-state index contributed by atoms with van der Waals surface area (Å²) < 4.78 is 15.6. The van der Waals surface area contributed by atoms with Gasteiger partial charge in [0, 0.05) is 64.0 Å². The van der Waals surface area contributed by atoms with Crippen LogP contribution in [0, 0.1) is 0 Å². The van der Waals surface area contributed by atoms with Crippen molar-refractivity contribution in [3.05, 3.63) is 169 Å². The Morgan fingerprint density at radius 1 is 0.456 bits per heavy atom. The topological polar surface area (TPSA) is 65.0 Å². The van der Waals surface area contributed by atoms with Crippen LogP contribution in [0.1, 0.15) is 18.4 Å². The Kier molecular flexibility index (Phi) is 7.16. The van der Waals surface area contributed by atoms with E-state index in [9.17, 15) is 0 Å². The molecular formula is C51H31N3O2S. The highest BCUT2D eigenvalue weighted by atomic mass is 32.1. The Balaban J connectivity index is 1.11. The zero-order valence-corrected chi connectivity index (χ0v) is 31.4. The Morgan fingerprint density at radius 2 is 1.07 bits per heavy atom. The molecule has 268 valence electrons. The molecule has 57 heavy (non-hydrogen) atoms. The summed E-state index contributed by atoms with van der Waals surface area (Å²) in [6.07, 6.45) is 8.66. The molecule has 0 saturated carbocycles. The van der Waals surface area contributed by atoms with Gasteiger partial charge in [-0.2, -0.15) is 0 Å². The molecule has 0 bridgehead atoms. The highest BCUT2D eigenvalue weighted by molar-refractivity contribution is 7.26. The first kappa shape index (κ1) is 32.1. The molecule has 0 saturated heterocycles. The van der Waals surface area contributed by atoms with Gasteiger partial charge < -0.3 is 8.83 Å². The SMILES string of the molecule is C1=CCCC(c2ccc(-c3nc(-c4cccc5c4sc4ccccc45)nc(-c4cccc5oc6cccc(-c7cccc8c7oc7ccccc78)c6c45)n3)cc2)=C1. The summed E-state index contributed by atoms with van der Waals surface area (Å²) in [7, 11) is 0. The number of fused-ring (bicyclic) bond motifs is 9. The first-order valence-corrected chi connectivity index (χ1v) is 20.1. The van der Waals surface area contributed by atoms with Crippen molar-refractivity contribution in [2.45, 2.75) is 12.8 Å². The van der Waals surface area contributed by atoms with E-state index in [-0.39, 0.29) is 0 Å². The smallest absolute Gasteiger partial charge is 0.165 e. The van der Waals surface area contributed by atoms with Crippen LogP contribution in [0.2, 0.25) is 0 Å². The number of rotatable bonds is 5. The van der Waals surface area contributed by atoms with E-state index in [1.165, 1.54) is 26.6 Å². The highest BCUT2D eigenvalue weighted by Crippen LogP contribution is 2.45. The fourth-order valence-electron chi connectivity index (χ4n) is 8.58. The standard InChI is InChI=1S/C51H31N3O2S/c1-2-12-30(13-3-1)31-26-28-32(29-27-31)49-52-50(54-51(53-49)40-21-9-19-38-34-15-5-7-25-44(34)57-48(38)40)39-20-11-24-43-46(39)45-35(16-10-23-42(45)55-43)37-18-8-17-36-33-14-4-6-22-41(33)56-47(36)37/h1-2,4-12,14-29H,3,13H2. The van der Waals surface area contributed by atoms with Gasteiger partial charge in [-0.15, -0.1) is 11.3 Å². The molecule has 0 unspecified atom stereocenters. The van der Waals surface area contributed by atoms with E-state index in [1.807, 2.05) is 30.3 Å². The molecular weight excluding hydrogens is 719 g/mol. The van der Waals surface area contributed by atoms with Crippen molar-refractivity contribution < 1.29 is 8.83 Å². The predicted octanol–water partition coefficient (Wildman–Crippen LogP) is 14.4. The third-order valence-corrected chi connectivity index (χ3v) is 12.5. The van der Waals surface area contributed by atoms with Gasteiger partial charge in [-0.3, -0.25) is 0 Å². The van der Waals surface area contributed by atoms with Crippen LogP contribution >= 0.6 is 11.3 Å². The molecule has 0 radical (unpaired) electrons. The van der Waals surface area contributed by atoms with Gasteiger partial charge in [0.2, 0.25) is 0 Å². The second kappa shape index (κ2) is 12.7. The summed E-state index contributed by atoms with van der Waals surface area (Å²) in [4.78, 5) is 15.8. The average molecular weight is 750 g/mol. The normalized spacial score (nSPS) is 13.2. The maximum atomic E-state index is 6.63. The summed E-state index contributed by atoms with van der Waals surface area (Å²) >= 11 is 1.78. The van der Waals surface area contributed by atoms with Gasteiger partial charge in [-0.1, -0.05) is 133 Å². The van der Waals surface area contributed by atoms with Crippen LogP contribution in [0.25, 0.3) is 115 Å². The molecule has 1 aliphatic carbocycles. The van der Waals surface area contributed by atoms with Gasteiger partial charge in [-0.25, -0.2) is 15.0 Å². The fraction of sp³-hybridized carbons (Fsp3) is 0.0392. The molecule has 4 aromatic heterocycles. The molecule has 12 rings (SSSR count). The van der Waals surface area contributed by atoms with Crippen LogP contribution in [-0.4, -0.2) is 15.0 Å². The van der Waals surface area contributed by atoms with E-state index in [0.29, 0.717) is 17.5 Å². The van der Waals surface area contributed by atoms with Gasteiger partial charge in [0.05, 0.1) is 0 Å². The van der Waals surface area contributed by atoms with Crippen molar-refractivity contribution in [3.8, 4) is 45.3 Å². The van der Waals surface area contributed by atoms with Crippen molar-refractivity contribution in [1.29, 1.82) is 0 Å². The number of hydrogen-bond donors (Lipinski definition) is 0. The molecule has 7 aromatic carbocycles. The first-order valence-electron chi connectivity index (χ1n) is 19.2. The van der Waals surface area contributed by atoms with Gasteiger partial charge >= 0.3 is 0 Å². The second-order valence-electron chi connectivity index (χ2n) is 14.6. The number of furan rings is 2. The van der Waals surface area contributed by atoms with E-state index >= 15 is 0 Å². The largest absolute Gasteiger partial charge is 0.456 e. The van der Waals surface area contributed by atoms with Crippen molar-refractivity contribution in [2.24, 2.45) is 0 Å². The molecule has 0 fully saturated rings.